The number of nitrogens with one attached hydrogen (secondary N) is 1. The van der Waals surface area contributed by atoms with Gasteiger partial charge in [-0.05, 0) is 17.5 Å². The minimum absolute atomic E-state index is 0.136. The summed E-state index contributed by atoms with van der Waals surface area (Å²) in [5.74, 6) is 0. The molecule has 0 unspecified atom stereocenters. The number of hydrogen-bond donors (Lipinski definition) is 2. The van der Waals surface area contributed by atoms with Crippen molar-refractivity contribution in [3.63, 3.8) is 0 Å². The van der Waals surface area contributed by atoms with Crippen LogP contribution in [0, 0.1) is 0 Å². The van der Waals surface area contributed by atoms with Crippen molar-refractivity contribution in [2.75, 3.05) is 26.3 Å². The highest BCUT2D eigenvalue weighted by Crippen LogP contribution is 2.32. The Labute approximate surface area is 164 Å². The topological polar surface area (TPSA) is 88.1 Å². The predicted molar refractivity (Wildman–Crippen MR) is 107 cm³/mol. The second-order valence-corrected chi connectivity index (χ2v) is 6.26. The second-order valence-electron chi connectivity index (χ2n) is 6.26. The number of aliphatic hydroxyl groups excluding tert-OH is 1. The summed E-state index contributed by atoms with van der Waals surface area (Å²) < 4.78 is 9.91. The van der Waals surface area contributed by atoms with E-state index in [-0.39, 0.29) is 25.8 Å². The summed E-state index contributed by atoms with van der Waals surface area (Å²) in [5, 5.41) is 12.6. The number of β-amino-alcohol motifs (C(OH)–C–C–N with tert-alkyl or cyclic N) is 1. The number of aliphatic hydroxyl groups is 1. The van der Waals surface area contributed by atoms with Gasteiger partial charge in [-0.15, -0.1) is 0 Å². The van der Waals surface area contributed by atoms with Gasteiger partial charge >= 0.3 is 12.2 Å². The maximum atomic E-state index is 12.2. The van der Waals surface area contributed by atoms with E-state index in [2.05, 4.69) is 18.5 Å². The average Bonchev–Trinajstić information content (AvgIpc) is 3.10. The van der Waals surface area contributed by atoms with E-state index in [1.54, 1.807) is 0 Å². The van der Waals surface area contributed by atoms with E-state index < -0.39 is 18.3 Å². The molecule has 0 spiro atoms. The Hall–Kier alpha value is -3.06. The fourth-order valence-corrected chi connectivity index (χ4v) is 2.90. The van der Waals surface area contributed by atoms with Gasteiger partial charge in [-0.25, -0.2) is 9.59 Å². The molecule has 7 nitrogen and oxygen atoms in total. The summed E-state index contributed by atoms with van der Waals surface area (Å²) in [6.07, 6.45) is 5.62. The van der Waals surface area contributed by atoms with Gasteiger partial charge in [0.15, 0.2) is 0 Å². The van der Waals surface area contributed by atoms with Gasteiger partial charge in [0.2, 0.25) is 0 Å². The molecule has 2 atom stereocenters. The normalized spacial score (nSPS) is 18.7. The molecule has 1 heterocycles. The van der Waals surface area contributed by atoms with Gasteiger partial charge in [-0.2, -0.15) is 0 Å². The number of alkyl carbamates (subject to hydrolysis) is 1. The fraction of sp³-hybridized carbons (Fsp3) is 0.333. The zero-order valence-corrected chi connectivity index (χ0v) is 15.8. The number of benzene rings is 1. The number of hydrogen-bond acceptors (Lipinski definition) is 5. The molecule has 1 fully saturated rings. The first-order chi connectivity index (χ1) is 13.5. The molecule has 2 amide bonds. The maximum absolute atomic E-state index is 12.2. The van der Waals surface area contributed by atoms with Crippen molar-refractivity contribution in [2.45, 2.75) is 18.6 Å². The van der Waals surface area contributed by atoms with Crippen LogP contribution < -0.4 is 5.32 Å². The van der Waals surface area contributed by atoms with Crippen LogP contribution in [0.3, 0.4) is 0 Å². The van der Waals surface area contributed by atoms with Gasteiger partial charge in [0.1, 0.15) is 13.2 Å². The summed E-state index contributed by atoms with van der Waals surface area (Å²) in [6, 6.07) is 7.44. The molecule has 1 aliphatic heterocycles. The Kier molecular flexibility index (Phi) is 8.30. The third kappa shape index (κ3) is 6.28. The molecule has 2 rings (SSSR count). The summed E-state index contributed by atoms with van der Waals surface area (Å²) in [6.45, 7) is 7.90. The predicted octanol–water partition coefficient (Wildman–Crippen LogP) is 3.04. The summed E-state index contributed by atoms with van der Waals surface area (Å²) in [5.41, 5.74) is 1.87. The first-order valence-electron chi connectivity index (χ1n) is 9.05. The molecule has 0 bridgehead atoms. The molecule has 1 aromatic rings. The van der Waals surface area contributed by atoms with Gasteiger partial charge in [0.05, 0.1) is 18.7 Å². The van der Waals surface area contributed by atoms with Crippen LogP contribution in [0.1, 0.15) is 23.6 Å². The van der Waals surface area contributed by atoms with Crippen molar-refractivity contribution in [3.05, 3.63) is 66.8 Å². The maximum Gasteiger partial charge on any atom is 0.410 e. The highest BCUT2D eigenvalue weighted by atomic mass is 16.6. The molecule has 0 saturated carbocycles. The lowest BCUT2D eigenvalue weighted by molar-refractivity contribution is 0.102. The first kappa shape index (κ1) is 21.2. The van der Waals surface area contributed by atoms with Crippen LogP contribution >= 0.6 is 0 Å². The minimum atomic E-state index is -0.576. The van der Waals surface area contributed by atoms with Crippen molar-refractivity contribution in [1.29, 1.82) is 0 Å². The molecule has 1 aromatic carbocycles. The van der Waals surface area contributed by atoms with E-state index in [1.165, 1.54) is 17.1 Å². The van der Waals surface area contributed by atoms with E-state index >= 15 is 0 Å². The zero-order chi connectivity index (χ0) is 20.4. The highest BCUT2D eigenvalue weighted by Gasteiger charge is 2.36. The van der Waals surface area contributed by atoms with Gasteiger partial charge in [0, 0.05) is 6.54 Å². The van der Waals surface area contributed by atoms with E-state index in [0.717, 1.165) is 11.1 Å². The Bertz CT molecular complexity index is 714. The Balaban J connectivity index is 1.92. The SMILES string of the molecule is C=CCOC(=O)NCC=Cc1ccc([C@H]2C[C@@H](O)CN2C(=O)OCC=C)cc1. The molecule has 150 valence electrons. The third-order valence-electron chi connectivity index (χ3n) is 4.17. The minimum Gasteiger partial charge on any atom is -0.445 e. The number of rotatable bonds is 8. The van der Waals surface area contributed by atoms with Gasteiger partial charge in [0.25, 0.3) is 0 Å². The van der Waals surface area contributed by atoms with E-state index in [9.17, 15) is 14.7 Å². The first-order valence-corrected chi connectivity index (χ1v) is 9.05. The standard InChI is InChI=1S/C21H26N2O5/c1-3-12-27-20(25)22-11-5-6-16-7-9-17(10-8-16)19-14-18(24)15-23(19)21(26)28-13-4-2/h3-10,18-19,24H,1-2,11-15H2,(H,22,25)/t18-,19-/m1/s1. The molecular formula is C21H26N2O5. The lowest BCUT2D eigenvalue weighted by Gasteiger charge is -2.23. The van der Waals surface area contributed by atoms with Crippen LogP contribution in [0.4, 0.5) is 9.59 Å². The largest absolute Gasteiger partial charge is 0.445 e. The summed E-state index contributed by atoms with van der Waals surface area (Å²) >= 11 is 0. The molecule has 1 aliphatic rings. The Morgan fingerprint density at radius 3 is 2.54 bits per heavy atom. The molecule has 0 aliphatic carbocycles. The van der Waals surface area contributed by atoms with Gasteiger partial charge in [-0.1, -0.05) is 61.7 Å². The second kappa shape index (κ2) is 10.9. The number of carbonyl (C=O) groups is 2. The Morgan fingerprint density at radius 2 is 1.86 bits per heavy atom. The summed E-state index contributed by atoms with van der Waals surface area (Å²) in [4.78, 5) is 25.0. The fourth-order valence-electron chi connectivity index (χ4n) is 2.90. The zero-order valence-electron chi connectivity index (χ0n) is 15.8. The van der Waals surface area contributed by atoms with Crippen molar-refractivity contribution < 1.29 is 24.2 Å². The van der Waals surface area contributed by atoms with Crippen molar-refractivity contribution in [3.8, 4) is 0 Å². The number of nitrogens with zero attached hydrogens (tertiary/aromatic N) is 1. The molecular weight excluding hydrogens is 360 g/mol. The average molecular weight is 386 g/mol. The van der Waals surface area contributed by atoms with Crippen LogP contribution in [0.2, 0.25) is 0 Å². The molecule has 0 aromatic heterocycles. The van der Waals surface area contributed by atoms with Gasteiger partial charge in [-0.3, -0.25) is 4.90 Å². The lowest BCUT2D eigenvalue weighted by Crippen LogP contribution is -2.32. The van der Waals surface area contributed by atoms with E-state index in [1.807, 2.05) is 36.4 Å². The van der Waals surface area contributed by atoms with Crippen molar-refractivity contribution in [1.82, 2.24) is 10.2 Å². The van der Waals surface area contributed by atoms with Crippen LogP contribution in [0.15, 0.2) is 55.7 Å². The van der Waals surface area contributed by atoms with Gasteiger partial charge < -0.3 is 19.9 Å². The molecule has 28 heavy (non-hydrogen) atoms. The third-order valence-corrected chi connectivity index (χ3v) is 4.17. The number of ether oxygens (including phenoxy) is 2. The number of carbonyl (C=O) groups excluding carboxylic acids is 2. The Morgan fingerprint density at radius 1 is 1.18 bits per heavy atom. The van der Waals surface area contributed by atoms with Crippen LogP contribution in [0.25, 0.3) is 6.08 Å². The monoisotopic (exact) mass is 386 g/mol. The highest BCUT2D eigenvalue weighted by molar-refractivity contribution is 5.69. The molecule has 1 saturated heterocycles. The lowest BCUT2D eigenvalue weighted by atomic mass is 10.0. The molecule has 2 N–H and O–H groups in total. The van der Waals surface area contributed by atoms with Crippen molar-refractivity contribution in [2.24, 2.45) is 0 Å². The van der Waals surface area contributed by atoms with Crippen LogP contribution in [-0.2, 0) is 9.47 Å². The number of likely N-dealkylation sites (tertiary alicyclic amines) is 1. The van der Waals surface area contributed by atoms with Crippen molar-refractivity contribution >= 4 is 18.3 Å². The number of amides is 2. The van der Waals surface area contributed by atoms with E-state index in [4.69, 9.17) is 9.47 Å². The van der Waals surface area contributed by atoms with E-state index in [0.29, 0.717) is 13.0 Å². The quantitative estimate of drug-likeness (QED) is 0.671. The molecule has 0 radical (unpaired) electrons. The van der Waals surface area contributed by atoms with Crippen LogP contribution in [0.5, 0.6) is 0 Å². The smallest absolute Gasteiger partial charge is 0.410 e. The van der Waals surface area contributed by atoms with Crippen LogP contribution in [-0.4, -0.2) is 54.6 Å². The summed E-state index contributed by atoms with van der Waals surface area (Å²) in [7, 11) is 0. The molecule has 7 heteroatoms.